The van der Waals surface area contributed by atoms with Gasteiger partial charge in [0, 0.05) is 30.0 Å². The highest BCUT2D eigenvalue weighted by molar-refractivity contribution is 6.41. The molecule has 0 radical (unpaired) electrons. The average Bonchev–Trinajstić information content (AvgIpc) is 2.87. The molecule has 0 saturated carbocycles. The van der Waals surface area contributed by atoms with Gasteiger partial charge in [0.15, 0.2) is 0 Å². The van der Waals surface area contributed by atoms with Crippen molar-refractivity contribution in [2.24, 2.45) is 0 Å². The van der Waals surface area contributed by atoms with Crippen molar-refractivity contribution in [3.05, 3.63) is 81.2 Å². The van der Waals surface area contributed by atoms with E-state index >= 15 is 0 Å². The molecule has 0 amide bonds. The highest BCUT2D eigenvalue weighted by Gasteiger charge is 2.20. The predicted octanol–water partition coefficient (Wildman–Crippen LogP) is 6.26. The fraction of sp³-hybridized carbons (Fsp3) is 0.0870. The van der Waals surface area contributed by atoms with Crippen molar-refractivity contribution < 1.29 is 14.4 Å². The second-order valence-corrected chi connectivity index (χ2v) is 7.75. The Morgan fingerprint density at radius 2 is 1.63 bits per heavy atom. The minimum Gasteiger partial charge on any atom is -0.495 e. The lowest BCUT2D eigenvalue weighted by molar-refractivity contribution is -0.383. The van der Waals surface area contributed by atoms with Gasteiger partial charge in [0.1, 0.15) is 45.2 Å². The Bertz CT molecular complexity index is 1370. The lowest BCUT2D eigenvalue weighted by atomic mass is 10.1. The number of aromatic nitrogens is 3. The van der Waals surface area contributed by atoms with Crippen LogP contribution in [0.25, 0.3) is 11.3 Å². The first-order valence-corrected chi connectivity index (χ1v) is 10.8. The first kappa shape index (κ1) is 24.0. The lowest BCUT2D eigenvalue weighted by Crippen LogP contribution is -2.02. The van der Waals surface area contributed by atoms with Crippen LogP contribution in [0.15, 0.2) is 61.1 Å². The number of hydrogen-bond donors (Lipinski definition) is 2. The molecular weight excluding hydrogens is 495 g/mol. The van der Waals surface area contributed by atoms with Crippen LogP contribution < -0.4 is 20.1 Å². The van der Waals surface area contributed by atoms with Gasteiger partial charge in [-0.05, 0) is 18.2 Å². The number of ether oxygens (including phenoxy) is 2. The molecule has 0 spiro atoms. The summed E-state index contributed by atoms with van der Waals surface area (Å²) >= 11 is 13.0. The number of anilines is 4. The maximum Gasteiger partial charge on any atom is 0.292 e. The number of rotatable bonds is 8. The SMILES string of the molecule is COc1cc(OC)c(Cl)c(Nc2ncccc2-c2cc(Nc3ccccc3[N+](=O)[O-])ncn2)c1Cl. The molecule has 0 fully saturated rings. The van der Waals surface area contributed by atoms with E-state index in [0.29, 0.717) is 45.8 Å². The van der Waals surface area contributed by atoms with E-state index in [-0.39, 0.29) is 15.7 Å². The molecule has 0 aliphatic carbocycles. The van der Waals surface area contributed by atoms with E-state index in [9.17, 15) is 10.1 Å². The van der Waals surface area contributed by atoms with Crippen LogP contribution in [0, 0.1) is 10.1 Å². The van der Waals surface area contributed by atoms with Crippen LogP contribution in [0.1, 0.15) is 0 Å². The molecule has 35 heavy (non-hydrogen) atoms. The van der Waals surface area contributed by atoms with E-state index in [1.54, 1.807) is 48.7 Å². The normalized spacial score (nSPS) is 10.5. The third-order valence-corrected chi connectivity index (χ3v) is 5.68. The van der Waals surface area contributed by atoms with Crippen LogP contribution in [0.4, 0.5) is 28.7 Å². The predicted molar refractivity (Wildman–Crippen MR) is 134 cm³/mol. The largest absolute Gasteiger partial charge is 0.495 e. The second-order valence-electron chi connectivity index (χ2n) is 7.00. The summed E-state index contributed by atoms with van der Waals surface area (Å²) in [7, 11) is 2.97. The molecule has 178 valence electrons. The van der Waals surface area contributed by atoms with Crippen LogP contribution in [0.2, 0.25) is 10.0 Å². The fourth-order valence-electron chi connectivity index (χ4n) is 3.27. The number of nitrogens with zero attached hydrogens (tertiary/aromatic N) is 4. The monoisotopic (exact) mass is 512 g/mol. The van der Waals surface area contributed by atoms with E-state index in [4.69, 9.17) is 32.7 Å². The summed E-state index contributed by atoms with van der Waals surface area (Å²) in [6, 6.07) is 13.1. The van der Waals surface area contributed by atoms with Gasteiger partial charge < -0.3 is 20.1 Å². The number of halogens is 2. The molecule has 4 rings (SSSR count). The molecule has 2 N–H and O–H groups in total. The van der Waals surface area contributed by atoms with Crippen molar-refractivity contribution in [2.75, 3.05) is 24.9 Å². The van der Waals surface area contributed by atoms with Gasteiger partial charge in [-0.15, -0.1) is 0 Å². The van der Waals surface area contributed by atoms with E-state index in [2.05, 4.69) is 25.6 Å². The molecule has 0 aliphatic rings. The van der Waals surface area contributed by atoms with Crippen LogP contribution >= 0.6 is 23.2 Å². The number of hydrogen-bond acceptors (Lipinski definition) is 9. The van der Waals surface area contributed by atoms with Gasteiger partial charge in [-0.2, -0.15) is 0 Å². The van der Waals surface area contributed by atoms with Gasteiger partial charge in [0.05, 0.1) is 30.5 Å². The Labute approximate surface area is 210 Å². The lowest BCUT2D eigenvalue weighted by Gasteiger charge is -2.17. The number of para-hydroxylation sites is 2. The molecule has 0 aliphatic heterocycles. The first-order chi connectivity index (χ1) is 16.9. The van der Waals surface area contributed by atoms with Crippen molar-refractivity contribution >= 4 is 51.9 Å². The highest BCUT2D eigenvalue weighted by atomic mass is 35.5. The minimum atomic E-state index is -0.469. The summed E-state index contributed by atoms with van der Waals surface area (Å²) in [6.07, 6.45) is 2.94. The highest BCUT2D eigenvalue weighted by Crippen LogP contribution is 2.45. The summed E-state index contributed by atoms with van der Waals surface area (Å²) in [5.41, 5.74) is 1.67. The molecule has 10 nitrogen and oxygen atoms in total. The summed E-state index contributed by atoms with van der Waals surface area (Å²) in [5, 5.41) is 18.0. The molecule has 2 aromatic carbocycles. The molecule has 0 bridgehead atoms. The third kappa shape index (κ3) is 5.03. The van der Waals surface area contributed by atoms with Crippen LogP contribution in [0.3, 0.4) is 0 Å². The molecule has 12 heteroatoms. The zero-order chi connectivity index (χ0) is 24.9. The van der Waals surface area contributed by atoms with Crippen molar-refractivity contribution in [3.8, 4) is 22.8 Å². The van der Waals surface area contributed by atoms with E-state index in [1.807, 2.05) is 0 Å². The standard InChI is InChI=1S/C23H18Cl2N6O4/c1-34-17-11-18(35-2)21(25)22(20(17)24)30-23-13(6-5-9-26-23)15-10-19(28-12-27-15)29-14-7-3-4-8-16(14)31(32)33/h3-12H,1-2H3,(H,26,30)(H,27,28,29). The molecule has 0 atom stereocenters. The molecule has 0 saturated heterocycles. The van der Waals surface area contributed by atoms with Crippen LogP contribution in [-0.4, -0.2) is 34.1 Å². The average molecular weight is 513 g/mol. The smallest absolute Gasteiger partial charge is 0.292 e. The molecular formula is C23H18Cl2N6O4. The van der Waals surface area contributed by atoms with Gasteiger partial charge in [-0.3, -0.25) is 10.1 Å². The van der Waals surface area contributed by atoms with Gasteiger partial charge in [-0.25, -0.2) is 15.0 Å². The Kier molecular flexibility index (Phi) is 7.14. The Morgan fingerprint density at radius 3 is 2.31 bits per heavy atom. The van der Waals surface area contributed by atoms with Gasteiger partial charge in [-0.1, -0.05) is 35.3 Å². The molecule has 2 heterocycles. The van der Waals surface area contributed by atoms with Gasteiger partial charge in [0.25, 0.3) is 5.69 Å². The first-order valence-electron chi connectivity index (χ1n) is 10.1. The summed E-state index contributed by atoms with van der Waals surface area (Å²) in [4.78, 5) is 23.8. The number of pyridine rings is 1. The number of nitrogens with one attached hydrogen (secondary N) is 2. The van der Waals surface area contributed by atoms with Gasteiger partial charge >= 0.3 is 0 Å². The summed E-state index contributed by atoms with van der Waals surface area (Å²) in [5.74, 6) is 1.50. The molecule has 0 unspecified atom stereocenters. The van der Waals surface area contributed by atoms with Gasteiger partial charge in [0.2, 0.25) is 0 Å². The summed E-state index contributed by atoms with van der Waals surface area (Å²) in [6.45, 7) is 0. The zero-order valence-corrected chi connectivity index (χ0v) is 20.0. The Balaban J connectivity index is 1.72. The number of nitro groups is 1. The number of benzene rings is 2. The minimum absolute atomic E-state index is 0.0762. The van der Waals surface area contributed by atoms with Crippen molar-refractivity contribution in [1.82, 2.24) is 15.0 Å². The third-order valence-electron chi connectivity index (χ3n) is 4.93. The fourth-order valence-corrected chi connectivity index (χ4v) is 3.87. The quantitative estimate of drug-likeness (QED) is 0.208. The van der Waals surface area contributed by atoms with Crippen LogP contribution in [0.5, 0.6) is 11.5 Å². The Morgan fingerprint density at radius 1 is 0.914 bits per heavy atom. The van der Waals surface area contributed by atoms with E-state index in [0.717, 1.165) is 0 Å². The zero-order valence-electron chi connectivity index (χ0n) is 18.5. The Hall–Kier alpha value is -4.15. The molecule has 2 aromatic heterocycles. The van der Waals surface area contributed by atoms with Crippen LogP contribution in [-0.2, 0) is 0 Å². The van der Waals surface area contributed by atoms with Crippen molar-refractivity contribution in [1.29, 1.82) is 0 Å². The van der Waals surface area contributed by atoms with Crippen molar-refractivity contribution in [2.45, 2.75) is 0 Å². The maximum absolute atomic E-state index is 11.3. The second kappa shape index (κ2) is 10.4. The topological polar surface area (TPSA) is 124 Å². The van der Waals surface area contributed by atoms with E-state index in [1.165, 1.54) is 26.6 Å². The maximum atomic E-state index is 11.3. The summed E-state index contributed by atoms with van der Waals surface area (Å²) < 4.78 is 10.7. The number of nitro benzene ring substituents is 1. The molecule has 4 aromatic rings. The number of methoxy groups -OCH3 is 2. The van der Waals surface area contributed by atoms with E-state index < -0.39 is 4.92 Å². The van der Waals surface area contributed by atoms with Crippen molar-refractivity contribution in [3.63, 3.8) is 0 Å².